The van der Waals surface area contributed by atoms with Crippen molar-refractivity contribution in [3.63, 3.8) is 0 Å². The molecule has 0 fully saturated rings. The van der Waals surface area contributed by atoms with Gasteiger partial charge in [0, 0.05) is 23.0 Å². The zero-order valence-corrected chi connectivity index (χ0v) is 10.2. The molecule has 17 heavy (non-hydrogen) atoms. The van der Waals surface area contributed by atoms with Crippen LogP contribution in [0.2, 0.25) is 0 Å². The fraction of sp³-hybridized carbons (Fsp3) is 0.308. The smallest absolute Gasteiger partial charge is 0.254 e. The molecule has 2 aromatic heterocycles. The molecular formula is C13H15N3O. The van der Waals surface area contributed by atoms with Crippen molar-refractivity contribution in [3.8, 4) is 11.4 Å². The molecule has 2 rings (SSSR count). The fourth-order valence-corrected chi connectivity index (χ4v) is 1.67. The lowest BCUT2D eigenvalue weighted by Crippen LogP contribution is -2.15. The molecule has 0 aliphatic heterocycles. The summed E-state index contributed by atoms with van der Waals surface area (Å²) in [5.74, 6) is 0.588. The van der Waals surface area contributed by atoms with Crippen LogP contribution in [-0.4, -0.2) is 15.0 Å². The van der Waals surface area contributed by atoms with Gasteiger partial charge in [0.2, 0.25) is 0 Å². The second-order valence-corrected chi connectivity index (χ2v) is 4.03. The molecule has 0 bridgehead atoms. The molecule has 4 heteroatoms. The van der Waals surface area contributed by atoms with Crippen molar-refractivity contribution in [1.29, 1.82) is 0 Å². The number of hydrogen-bond acceptors (Lipinski definition) is 3. The van der Waals surface area contributed by atoms with Crippen molar-refractivity contribution >= 4 is 0 Å². The normalized spacial score (nSPS) is 10.5. The molecule has 0 aliphatic carbocycles. The van der Waals surface area contributed by atoms with E-state index in [9.17, 15) is 4.79 Å². The average Bonchev–Trinajstić information content (AvgIpc) is 2.33. The summed E-state index contributed by atoms with van der Waals surface area (Å²) in [6, 6.07) is 3.82. The number of aromatic nitrogens is 3. The van der Waals surface area contributed by atoms with Crippen molar-refractivity contribution in [2.24, 2.45) is 0 Å². The standard InChI is InChI=1S/C13H15N3O/c1-4-11-9(3)13(17)16-12(15-11)10-6-5-8(2)14-7-10/h5-7H,4H2,1-3H3,(H,15,16,17). The third-order valence-electron chi connectivity index (χ3n) is 2.77. The Labute approximate surface area is 99.8 Å². The Kier molecular flexibility index (Phi) is 3.04. The highest BCUT2D eigenvalue weighted by molar-refractivity contribution is 5.53. The van der Waals surface area contributed by atoms with Crippen LogP contribution in [0.25, 0.3) is 11.4 Å². The van der Waals surface area contributed by atoms with Gasteiger partial charge in [-0.2, -0.15) is 0 Å². The molecule has 0 saturated carbocycles. The van der Waals surface area contributed by atoms with E-state index in [0.717, 1.165) is 23.4 Å². The molecular weight excluding hydrogens is 214 g/mol. The quantitative estimate of drug-likeness (QED) is 0.857. The highest BCUT2D eigenvalue weighted by Gasteiger charge is 2.07. The first-order valence-electron chi connectivity index (χ1n) is 5.64. The lowest BCUT2D eigenvalue weighted by atomic mass is 10.2. The van der Waals surface area contributed by atoms with Gasteiger partial charge in [-0.3, -0.25) is 9.78 Å². The van der Waals surface area contributed by atoms with Crippen molar-refractivity contribution < 1.29 is 0 Å². The van der Waals surface area contributed by atoms with Crippen LogP contribution in [0.5, 0.6) is 0 Å². The molecule has 0 unspecified atom stereocenters. The Morgan fingerprint density at radius 1 is 1.29 bits per heavy atom. The van der Waals surface area contributed by atoms with Gasteiger partial charge >= 0.3 is 0 Å². The van der Waals surface area contributed by atoms with Crippen molar-refractivity contribution in [1.82, 2.24) is 15.0 Å². The van der Waals surface area contributed by atoms with Crippen LogP contribution in [0.4, 0.5) is 0 Å². The van der Waals surface area contributed by atoms with Crippen LogP contribution in [0.1, 0.15) is 23.9 Å². The van der Waals surface area contributed by atoms with E-state index in [1.165, 1.54) is 0 Å². The van der Waals surface area contributed by atoms with Crippen molar-refractivity contribution in [2.75, 3.05) is 0 Å². The van der Waals surface area contributed by atoms with Crippen LogP contribution in [-0.2, 0) is 6.42 Å². The number of aryl methyl sites for hydroxylation is 2. The first-order valence-corrected chi connectivity index (χ1v) is 5.64. The zero-order chi connectivity index (χ0) is 12.4. The van der Waals surface area contributed by atoms with Crippen LogP contribution >= 0.6 is 0 Å². The van der Waals surface area contributed by atoms with E-state index in [1.54, 1.807) is 13.1 Å². The van der Waals surface area contributed by atoms with E-state index in [1.807, 2.05) is 26.0 Å². The summed E-state index contributed by atoms with van der Waals surface area (Å²) in [6.07, 6.45) is 2.48. The average molecular weight is 229 g/mol. The first-order chi connectivity index (χ1) is 8.11. The number of nitrogens with zero attached hydrogens (tertiary/aromatic N) is 2. The number of pyridine rings is 1. The summed E-state index contributed by atoms with van der Waals surface area (Å²) < 4.78 is 0. The second-order valence-electron chi connectivity index (χ2n) is 4.03. The summed E-state index contributed by atoms with van der Waals surface area (Å²) in [4.78, 5) is 23.2. The lowest BCUT2D eigenvalue weighted by molar-refractivity contribution is 0.953. The third-order valence-corrected chi connectivity index (χ3v) is 2.77. The predicted molar refractivity (Wildman–Crippen MR) is 66.9 cm³/mol. The molecule has 1 N–H and O–H groups in total. The maximum atomic E-state index is 11.7. The van der Waals surface area contributed by atoms with Gasteiger partial charge in [0.05, 0.1) is 5.69 Å². The Bertz CT molecular complexity index is 585. The van der Waals surface area contributed by atoms with Gasteiger partial charge in [-0.05, 0) is 32.4 Å². The maximum absolute atomic E-state index is 11.7. The van der Waals surface area contributed by atoms with Gasteiger partial charge in [0.1, 0.15) is 5.82 Å². The Balaban J connectivity index is 2.56. The largest absolute Gasteiger partial charge is 0.306 e. The second kappa shape index (κ2) is 4.49. The Morgan fingerprint density at radius 2 is 2.06 bits per heavy atom. The summed E-state index contributed by atoms with van der Waals surface area (Å²) in [6.45, 7) is 5.71. The molecule has 0 atom stereocenters. The molecule has 0 radical (unpaired) electrons. The number of aromatic amines is 1. The van der Waals surface area contributed by atoms with Crippen molar-refractivity contribution in [2.45, 2.75) is 27.2 Å². The van der Waals surface area contributed by atoms with Crippen LogP contribution < -0.4 is 5.56 Å². The zero-order valence-electron chi connectivity index (χ0n) is 10.2. The van der Waals surface area contributed by atoms with E-state index in [4.69, 9.17) is 0 Å². The van der Waals surface area contributed by atoms with Gasteiger partial charge in [-0.25, -0.2) is 4.98 Å². The minimum absolute atomic E-state index is 0.0765. The van der Waals surface area contributed by atoms with Crippen LogP contribution in [0, 0.1) is 13.8 Å². The molecule has 4 nitrogen and oxygen atoms in total. The Morgan fingerprint density at radius 3 is 2.65 bits per heavy atom. The van der Waals surface area contributed by atoms with Gasteiger partial charge in [-0.15, -0.1) is 0 Å². The van der Waals surface area contributed by atoms with E-state index < -0.39 is 0 Å². The van der Waals surface area contributed by atoms with E-state index in [-0.39, 0.29) is 5.56 Å². The highest BCUT2D eigenvalue weighted by atomic mass is 16.1. The molecule has 0 spiro atoms. The summed E-state index contributed by atoms with van der Waals surface area (Å²) >= 11 is 0. The fourth-order valence-electron chi connectivity index (χ4n) is 1.67. The van der Waals surface area contributed by atoms with E-state index in [2.05, 4.69) is 15.0 Å². The highest BCUT2D eigenvalue weighted by Crippen LogP contribution is 2.13. The monoisotopic (exact) mass is 229 g/mol. The van der Waals surface area contributed by atoms with Crippen molar-refractivity contribution in [3.05, 3.63) is 45.6 Å². The molecule has 2 heterocycles. The molecule has 0 aliphatic rings. The number of H-pyrrole nitrogens is 1. The number of rotatable bonds is 2. The molecule has 2 aromatic rings. The molecule has 0 aromatic carbocycles. The Hall–Kier alpha value is -1.97. The summed E-state index contributed by atoms with van der Waals surface area (Å²) in [5, 5.41) is 0. The molecule has 0 amide bonds. The lowest BCUT2D eigenvalue weighted by Gasteiger charge is -2.05. The molecule has 88 valence electrons. The molecule has 0 saturated heterocycles. The summed E-state index contributed by atoms with van der Waals surface area (Å²) in [5.41, 5.74) is 3.23. The van der Waals surface area contributed by atoms with Gasteiger partial charge in [-0.1, -0.05) is 6.92 Å². The predicted octanol–water partition coefficient (Wildman–Crippen LogP) is 2.01. The SMILES string of the molecule is CCc1nc(-c2ccc(C)nc2)[nH]c(=O)c1C. The summed E-state index contributed by atoms with van der Waals surface area (Å²) in [7, 11) is 0. The maximum Gasteiger partial charge on any atom is 0.254 e. The van der Waals surface area contributed by atoms with E-state index >= 15 is 0 Å². The first kappa shape index (κ1) is 11.5. The van der Waals surface area contributed by atoms with Gasteiger partial charge in [0.15, 0.2) is 0 Å². The van der Waals surface area contributed by atoms with E-state index in [0.29, 0.717) is 11.4 Å². The van der Waals surface area contributed by atoms with Gasteiger partial charge < -0.3 is 4.98 Å². The number of hydrogen-bond donors (Lipinski definition) is 1. The van der Waals surface area contributed by atoms with Crippen LogP contribution in [0.3, 0.4) is 0 Å². The topological polar surface area (TPSA) is 58.6 Å². The van der Waals surface area contributed by atoms with Crippen LogP contribution in [0.15, 0.2) is 23.1 Å². The minimum Gasteiger partial charge on any atom is -0.306 e. The minimum atomic E-state index is -0.0765. The third kappa shape index (κ3) is 2.25. The van der Waals surface area contributed by atoms with Gasteiger partial charge in [0.25, 0.3) is 5.56 Å². The number of nitrogens with one attached hydrogen (secondary N) is 1.